The summed E-state index contributed by atoms with van der Waals surface area (Å²) in [7, 11) is 1.48. The van der Waals surface area contributed by atoms with Gasteiger partial charge in [-0.3, -0.25) is 4.79 Å². The van der Waals surface area contributed by atoms with Gasteiger partial charge >= 0.3 is 0 Å². The van der Waals surface area contributed by atoms with E-state index in [0.717, 1.165) is 22.5 Å². The molecule has 132 valence electrons. The van der Waals surface area contributed by atoms with Crippen molar-refractivity contribution in [3.63, 3.8) is 0 Å². The molecule has 0 bridgehead atoms. The number of aryl methyl sites for hydroxylation is 1. The average Bonchev–Trinajstić information content (AvgIpc) is 3.03. The maximum Gasteiger partial charge on any atom is 0.225 e. The van der Waals surface area contributed by atoms with Crippen molar-refractivity contribution in [2.75, 3.05) is 12.4 Å². The Morgan fingerprint density at radius 3 is 2.73 bits per heavy atom. The summed E-state index contributed by atoms with van der Waals surface area (Å²) in [4.78, 5) is 12.2. The second-order valence-corrected chi connectivity index (χ2v) is 6.37. The summed E-state index contributed by atoms with van der Waals surface area (Å²) >= 11 is 0. The number of para-hydroxylation sites is 1. The number of nitrogens with one attached hydrogen (secondary N) is 1. The van der Waals surface area contributed by atoms with Crippen LogP contribution in [0.25, 0.3) is 5.69 Å². The summed E-state index contributed by atoms with van der Waals surface area (Å²) in [5, 5.41) is 17.7. The first-order valence-corrected chi connectivity index (χ1v) is 8.39. The molecule has 1 aromatic heterocycles. The number of ether oxygens (including phenoxy) is 1. The summed E-state index contributed by atoms with van der Waals surface area (Å²) in [5.74, 6) is 0.150. The lowest BCUT2D eigenvalue weighted by Crippen LogP contribution is -2.23. The van der Waals surface area contributed by atoms with E-state index in [9.17, 15) is 9.90 Å². The van der Waals surface area contributed by atoms with Crippen molar-refractivity contribution in [2.45, 2.75) is 19.3 Å². The number of carbonyl (C=O) groups excluding carboxylic acids is 1. The number of amides is 1. The Morgan fingerprint density at radius 2 is 2.00 bits per heavy atom. The molecule has 2 N–H and O–H groups in total. The number of rotatable bonds is 3. The number of phenols is 1. The number of anilines is 1. The summed E-state index contributed by atoms with van der Waals surface area (Å²) in [6.45, 7) is 1.93. The summed E-state index contributed by atoms with van der Waals surface area (Å²) in [6.07, 6.45) is 2.26. The number of hydrogen-bond donors (Lipinski definition) is 2. The number of hydrogen-bond acceptors (Lipinski definition) is 4. The number of aromatic nitrogens is 2. The van der Waals surface area contributed by atoms with Crippen LogP contribution in [0.4, 0.5) is 5.69 Å². The number of nitrogens with zero attached hydrogens (tertiary/aromatic N) is 2. The van der Waals surface area contributed by atoms with E-state index in [-0.39, 0.29) is 17.6 Å². The SMILES string of the molecule is COc1cc2c(cc1O)C(c1cn(-c3ccccc3)nc1C)CC(=O)N2. The molecule has 1 atom stereocenters. The van der Waals surface area contributed by atoms with Crippen LogP contribution >= 0.6 is 0 Å². The van der Waals surface area contributed by atoms with Crippen LogP contribution in [-0.4, -0.2) is 27.9 Å². The van der Waals surface area contributed by atoms with Crippen LogP contribution in [0.15, 0.2) is 48.7 Å². The Balaban J connectivity index is 1.81. The highest BCUT2D eigenvalue weighted by atomic mass is 16.5. The van der Waals surface area contributed by atoms with Crippen molar-refractivity contribution in [3.05, 3.63) is 65.5 Å². The topological polar surface area (TPSA) is 76.4 Å². The lowest BCUT2D eigenvalue weighted by molar-refractivity contribution is -0.116. The van der Waals surface area contributed by atoms with Crippen LogP contribution in [-0.2, 0) is 4.79 Å². The van der Waals surface area contributed by atoms with Crippen LogP contribution in [0.1, 0.15) is 29.2 Å². The monoisotopic (exact) mass is 349 g/mol. The molecule has 0 spiro atoms. The number of carbonyl (C=O) groups is 1. The fraction of sp³-hybridized carbons (Fsp3) is 0.200. The highest BCUT2D eigenvalue weighted by Crippen LogP contribution is 2.43. The van der Waals surface area contributed by atoms with Gasteiger partial charge in [0.15, 0.2) is 11.5 Å². The van der Waals surface area contributed by atoms with E-state index >= 15 is 0 Å². The molecule has 6 nitrogen and oxygen atoms in total. The summed E-state index contributed by atoms with van der Waals surface area (Å²) in [6, 6.07) is 13.2. The molecule has 3 aromatic rings. The molecule has 0 saturated heterocycles. The number of methoxy groups -OCH3 is 1. The van der Waals surface area contributed by atoms with Crippen molar-refractivity contribution >= 4 is 11.6 Å². The fourth-order valence-corrected chi connectivity index (χ4v) is 3.45. The Bertz CT molecular complexity index is 979. The molecule has 1 aliphatic rings. The van der Waals surface area contributed by atoms with Gasteiger partial charge in [0.2, 0.25) is 5.91 Å². The molecular formula is C20H19N3O3. The first-order valence-electron chi connectivity index (χ1n) is 8.39. The molecule has 26 heavy (non-hydrogen) atoms. The third-order valence-electron chi connectivity index (χ3n) is 4.72. The van der Waals surface area contributed by atoms with Crippen molar-refractivity contribution in [1.29, 1.82) is 0 Å². The second-order valence-electron chi connectivity index (χ2n) is 6.37. The lowest BCUT2D eigenvalue weighted by Gasteiger charge is -2.26. The molecule has 1 amide bonds. The van der Waals surface area contributed by atoms with Crippen LogP contribution in [0, 0.1) is 6.92 Å². The quantitative estimate of drug-likeness (QED) is 0.711. The zero-order valence-electron chi connectivity index (χ0n) is 14.6. The van der Waals surface area contributed by atoms with Gasteiger partial charge in [-0.15, -0.1) is 0 Å². The van der Waals surface area contributed by atoms with Crippen molar-refractivity contribution < 1.29 is 14.6 Å². The molecule has 6 heteroatoms. The van der Waals surface area contributed by atoms with E-state index in [0.29, 0.717) is 17.9 Å². The number of benzene rings is 2. The Labute approximate surface area is 151 Å². The fourth-order valence-electron chi connectivity index (χ4n) is 3.45. The van der Waals surface area contributed by atoms with Gasteiger partial charge in [-0.2, -0.15) is 5.10 Å². The Kier molecular flexibility index (Phi) is 3.88. The zero-order chi connectivity index (χ0) is 18.3. The minimum atomic E-state index is -0.173. The van der Waals surface area contributed by atoms with E-state index in [1.807, 2.05) is 48.1 Å². The van der Waals surface area contributed by atoms with Gasteiger partial charge in [0, 0.05) is 35.9 Å². The van der Waals surface area contributed by atoms with Crippen molar-refractivity contribution in [3.8, 4) is 17.2 Å². The average molecular weight is 349 g/mol. The molecule has 1 unspecified atom stereocenters. The first kappa shape index (κ1) is 16.2. The molecule has 1 aliphatic heterocycles. The van der Waals surface area contributed by atoms with Gasteiger partial charge in [0.05, 0.1) is 18.5 Å². The minimum Gasteiger partial charge on any atom is -0.504 e. The number of fused-ring (bicyclic) bond motifs is 1. The molecule has 0 aliphatic carbocycles. The third kappa shape index (κ3) is 2.69. The molecule has 0 saturated carbocycles. The maximum absolute atomic E-state index is 12.2. The Morgan fingerprint density at radius 1 is 1.23 bits per heavy atom. The molecule has 4 rings (SSSR count). The molecule has 0 fully saturated rings. The predicted molar refractivity (Wildman–Crippen MR) is 98.0 cm³/mol. The first-order chi connectivity index (χ1) is 12.6. The second kappa shape index (κ2) is 6.22. The van der Waals surface area contributed by atoms with Crippen molar-refractivity contribution in [2.24, 2.45) is 0 Å². The smallest absolute Gasteiger partial charge is 0.225 e. The van der Waals surface area contributed by atoms with E-state index in [2.05, 4.69) is 10.4 Å². The van der Waals surface area contributed by atoms with Gasteiger partial charge < -0.3 is 15.2 Å². The molecular weight excluding hydrogens is 330 g/mol. The van der Waals surface area contributed by atoms with E-state index in [1.54, 1.807) is 12.1 Å². The highest BCUT2D eigenvalue weighted by Gasteiger charge is 2.30. The predicted octanol–water partition coefficient (Wildman–Crippen LogP) is 3.37. The standard InChI is InChI=1S/C20H19N3O3/c1-12-16(11-23(22-12)13-6-4-3-5-7-13)14-9-20(25)21-17-10-19(26-2)18(24)8-15(14)17/h3-8,10-11,14,24H,9H2,1-2H3,(H,21,25). The van der Waals surface area contributed by atoms with Crippen molar-refractivity contribution in [1.82, 2.24) is 9.78 Å². The largest absolute Gasteiger partial charge is 0.504 e. The third-order valence-corrected chi connectivity index (χ3v) is 4.72. The Hall–Kier alpha value is -3.28. The summed E-state index contributed by atoms with van der Waals surface area (Å²) in [5.41, 5.74) is 4.30. The number of phenolic OH excluding ortho intramolecular Hbond substituents is 1. The van der Waals surface area contributed by atoms with Gasteiger partial charge in [0.1, 0.15) is 0 Å². The normalized spacial score (nSPS) is 16.1. The zero-order valence-corrected chi connectivity index (χ0v) is 14.6. The van der Waals surface area contributed by atoms with Crippen LogP contribution in [0.3, 0.4) is 0 Å². The van der Waals surface area contributed by atoms with Crippen LogP contribution < -0.4 is 10.1 Å². The van der Waals surface area contributed by atoms with E-state index < -0.39 is 0 Å². The van der Waals surface area contributed by atoms with Gasteiger partial charge in [-0.1, -0.05) is 18.2 Å². The molecule has 0 radical (unpaired) electrons. The van der Waals surface area contributed by atoms with Crippen LogP contribution in [0.2, 0.25) is 0 Å². The highest BCUT2D eigenvalue weighted by molar-refractivity contribution is 5.96. The lowest BCUT2D eigenvalue weighted by atomic mass is 9.85. The van der Waals surface area contributed by atoms with Gasteiger partial charge in [0.25, 0.3) is 0 Å². The van der Waals surface area contributed by atoms with E-state index in [1.165, 1.54) is 7.11 Å². The number of aromatic hydroxyl groups is 1. The van der Waals surface area contributed by atoms with Crippen LogP contribution in [0.5, 0.6) is 11.5 Å². The molecule has 2 aromatic carbocycles. The maximum atomic E-state index is 12.2. The van der Waals surface area contributed by atoms with E-state index in [4.69, 9.17) is 4.74 Å². The molecule has 2 heterocycles. The van der Waals surface area contributed by atoms with Gasteiger partial charge in [-0.25, -0.2) is 4.68 Å². The summed E-state index contributed by atoms with van der Waals surface area (Å²) < 4.78 is 6.97. The van der Waals surface area contributed by atoms with Gasteiger partial charge in [-0.05, 0) is 30.7 Å². The minimum absolute atomic E-state index is 0.0560.